The number of aromatic nitrogens is 3. The van der Waals surface area contributed by atoms with Gasteiger partial charge in [-0.25, -0.2) is 0 Å². The fourth-order valence-corrected chi connectivity index (χ4v) is 4.25. The van der Waals surface area contributed by atoms with Crippen molar-refractivity contribution in [1.82, 2.24) is 15.2 Å². The third-order valence-electron chi connectivity index (χ3n) is 5.74. The zero-order chi connectivity index (χ0) is 19.8. The maximum atomic E-state index is 5.67. The summed E-state index contributed by atoms with van der Waals surface area (Å²) in [4.78, 5) is 7.17. The molecule has 1 saturated heterocycles. The van der Waals surface area contributed by atoms with E-state index in [9.17, 15) is 0 Å². The van der Waals surface area contributed by atoms with Crippen LogP contribution in [0.25, 0.3) is 33.3 Å². The van der Waals surface area contributed by atoms with Crippen LogP contribution < -0.4 is 4.90 Å². The van der Waals surface area contributed by atoms with Gasteiger partial charge in [-0.1, -0.05) is 24.3 Å². The van der Waals surface area contributed by atoms with Crippen LogP contribution in [0.4, 0.5) is 5.69 Å². The molecule has 0 radical (unpaired) electrons. The second-order valence-electron chi connectivity index (χ2n) is 7.65. The van der Waals surface area contributed by atoms with Gasteiger partial charge in [-0.05, 0) is 54.4 Å². The van der Waals surface area contributed by atoms with E-state index in [4.69, 9.17) is 9.72 Å². The van der Waals surface area contributed by atoms with Gasteiger partial charge in [-0.15, -0.1) is 0 Å². The quantitative estimate of drug-likeness (QED) is 0.550. The minimum atomic E-state index is 0.332. The third-order valence-corrected chi connectivity index (χ3v) is 5.74. The molecule has 1 aliphatic rings. The second kappa shape index (κ2) is 7.33. The Morgan fingerprint density at radius 1 is 1.03 bits per heavy atom. The molecule has 5 heteroatoms. The Morgan fingerprint density at radius 3 is 2.76 bits per heavy atom. The molecule has 2 aromatic heterocycles. The highest BCUT2D eigenvalue weighted by Crippen LogP contribution is 2.38. The van der Waals surface area contributed by atoms with E-state index >= 15 is 0 Å². The van der Waals surface area contributed by atoms with E-state index in [1.54, 1.807) is 6.20 Å². The summed E-state index contributed by atoms with van der Waals surface area (Å²) in [5, 5.41) is 9.68. The van der Waals surface area contributed by atoms with Crippen molar-refractivity contribution in [2.24, 2.45) is 0 Å². The van der Waals surface area contributed by atoms with Crippen molar-refractivity contribution in [3.8, 4) is 22.5 Å². The van der Waals surface area contributed by atoms with Crippen LogP contribution in [0.3, 0.4) is 0 Å². The SMILES string of the molecule is Cc1cccnc1-c1cc(N2CCOC[C@H]2C)cc2c(-c3ccn[nH]3)cccc12. The first-order valence-electron chi connectivity index (χ1n) is 10.1. The van der Waals surface area contributed by atoms with Crippen LogP contribution in [0, 0.1) is 6.92 Å². The molecule has 0 saturated carbocycles. The van der Waals surface area contributed by atoms with Crippen LogP contribution in [-0.2, 0) is 4.74 Å². The number of hydrogen-bond acceptors (Lipinski definition) is 4. The Labute approximate surface area is 170 Å². The molecule has 29 heavy (non-hydrogen) atoms. The Morgan fingerprint density at radius 2 is 1.97 bits per heavy atom. The monoisotopic (exact) mass is 384 g/mol. The number of morpholine rings is 1. The van der Waals surface area contributed by atoms with Crippen molar-refractivity contribution < 1.29 is 4.74 Å². The van der Waals surface area contributed by atoms with E-state index in [-0.39, 0.29) is 0 Å². The summed E-state index contributed by atoms with van der Waals surface area (Å²) in [6.45, 7) is 6.73. The molecular weight excluding hydrogens is 360 g/mol. The largest absolute Gasteiger partial charge is 0.377 e. The number of nitrogens with one attached hydrogen (secondary N) is 1. The molecule has 1 atom stereocenters. The first-order chi connectivity index (χ1) is 14.2. The van der Waals surface area contributed by atoms with Gasteiger partial charge in [0.1, 0.15) is 0 Å². The number of H-pyrrole nitrogens is 1. The molecule has 5 rings (SSSR count). The summed E-state index contributed by atoms with van der Waals surface area (Å²) in [6, 6.07) is 17.5. The number of nitrogens with zero attached hydrogens (tertiary/aromatic N) is 3. The van der Waals surface area contributed by atoms with E-state index < -0.39 is 0 Å². The van der Waals surface area contributed by atoms with Gasteiger partial charge in [0.15, 0.2) is 0 Å². The predicted molar refractivity (Wildman–Crippen MR) is 117 cm³/mol. The summed E-state index contributed by atoms with van der Waals surface area (Å²) in [5.74, 6) is 0. The Bertz CT molecular complexity index is 1150. The van der Waals surface area contributed by atoms with Crippen molar-refractivity contribution in [1.29, 1.82) is 0 Å². The summed E-state index contributed by atoms with van der Waals surface area (Å²) < 4.78 is 5.67. The van der Waals surface area contributed by atoms with E-state index in [0.717, 1.165) is 42.3 Å². The second-order valence-corrected chi connectivity index (χ2v) is 7.65. The molecule has 4 aromatic rings. The molecule has 0 spiro atoms. The lowest BCUT2D eigenvalue weighted by atomic mass is 9.94. The maximum absolute atomic E-state index is 5.67. The molecule has 3 heterocycles. The van der Waals surface area contributed by atoms with E-state index in [1.165, 1.54) is 22.0 Å². The Kier molecular flexibility index (Phi) is 4.52. The highest BCUT2D eigenvalue weighted by Gasteiger charge is 2.22. The average molecular weight is 384 g/mol. The smallest absolute Gasteiger partial charge is 0.0738 e. The van der Waals surface area contributed by atoms with Gasteiger partial charge in [-0.2, -0.15) is 5.10 Å². The average Bonchev–Trinajstić information content (AvgIpc) is 3.28. The van der Waals surface area contributed by atoms with Crippen molar-refractivity contribution in [3.05, 3.63) is 66.5 Å². The molecule has 146 valence electrons. The van der Waals surface area contributed by atoms with Gasteiger partial charge in [0, 0.05) is 41.8 Å². The molecule has 5 nitrogen and oxygen atoms in total. The predicted octanol–water partition coefficient (Wildman–Crippen LogP) is 4.83. The fourth-order valence-electron chi connectivity index (χ4n) is 4.25. The highest BCUT2D eigenvalue weighted by atomic mass is 16.5. The van der Waals surface area contributed by atoms with Gasteiger partial charge in [-0.3, -0.25) is 10.1 Å². The summed E-state index contributed by atoms with van der Waals surface area (Å²) >= 11 is 0. The lowest BCUT2D eigenvalue weighted by Gasteiger charge is -2.36. The van der Waals surface area contributed by atoms with Crippen LogP contribution in [-0.4, -0.2) is 41.0 Å². The highest BCUT2D eigenvalue weighted by molar-refractivity contribution is 6.06. The molecule has 0 bridgehead atoms. The van der Waals surface area contributed by atoms with Crippen LogP contribution >= 0.6 is 0 Å². The number of aromatic amines is 1. The summed E-state index contributed by atoms with van der Waals surface area (Å²) in [7, 11) is 0. The Balaban J connectivity index is 1.80. The van der Waals surface area contributed by atoms with E-state index in [2.05, 4.69) is 65.3 Å². The molecule has 0 unspecified atom stereocenters. The van der Waals surface area contributed by atoms with Crippen LogP contribution in [0.1, 0.15) is 12.5 Å². The lowest BCUT2D eigenvalue weighted by Crippen LogP contribution is -2.43. The van der Waals surface area contributed by atoms with Crippen molar-refractivity contribution >= 4 is 16.5 Å². The van der Waals surface area contributed by atoms with Crippen LogP contribution in [0.5, 0.6) is 0 Å². The molecule has 0 amide bonds. The topological polar surface area (TPSA) is 54.0 Å². The number of anilines is 1. The molecule has 0 aliphatic carbocycles. The molecule has 1 N–H and O–H groups in total. The zero-order valence-electron chi connectivity index (χ0n) is 16.7. The van der Waals surface area contributed by atoms with Gasteiger partial charge >= 0.3 is 0 Å². The molecular formula is C24H24N4O. The van der Waals surface area contributed by atoms with Crippen molar-refractivity contribution in [2.45, 2.75) is 19.9 Å². The maximum Gasteiger partial charge on any atom is 0.0738 e. The zero-order valence-corrected chi connectivity index (χ0v) is 16.7. The number of pyridine rings is 1. The van der Waals surface area contributed by atoms with Crippen LogP contribution in [0.15, 0.2) is 60.9 Å². The minimum Gasteiger partial charge on any atom is -0.377 e. The summed E-state index contributed by atoms with van der Waals surface area (Å²) in [6.07, 6.45) is 3.67. The number of aryl methyl sites for hydroxylation is 1. The minimum absolute atomic E-state index is 0.332. The van der Waals surface area contributed by atoms with Crippen LogP contribution in [0.2, 0.25) is 0 Å². The van der Waals surface area contributed by atoms with E-state index in [1.807, 2.05) is 18.3 Å². The number of hydrogen-bond donors (Lipinski definition) is 1. The van der Waals surface area contributed by atoms with Gasteiger partial charge in [0.2, 0.25) is 0 Å². The molecule has 1 aliphatic heterocycles. The fraction of sp³-hybridized carbons (Fsp3) is 0.250. The molecule has 1 fully saturated rings. The standard InChI is InChI=1S/C24H24N4O/c1-16-5-4-9-25-24(16)22-14-18(28-11-12-29-15-17(28)2)13-21-19(22)6-3-7-20(21)23-8-10-26-27-23/h3-10,13-14,17H,11-12,15H2,1-2H3,(H,26,27)/t17-/m1/s1. The first kappa shape index (κ1) is 17.9. The summed E-state index contributed by atoms with van der Waals surface area (Å²) in [5.41, 5.74) is 6.75. The first-order valence-corrected chi connectivity index (χ1v) is 10.1. The third kappa shape index (κ3) is 3.17. The number of ether oxygens (including phenoxy) is 1. The van der Waals surface area contributed by atoms with E-state index in [0.29, 0.717) is 6.04 Å². The number of fused-ring (bicyclic) bond motifs is 1. The van der Waals surface area contributed by atoms with Crippen molar-refractivity contribution in [2.75, 3.05) is 24.7 Å². The number of rotatable bonds is 3. The van der Waals surface area contributed by atoms with Crippen molar-refractivity contribution in [3.63, 3.8) is 0 Å². The molecule has 2 aromatic carbocycles. The lowest BCUT2D eigenvalue weighted by molar-refractivity contribution is 0.0990. The Hall–Kier alpha value is -3.18. The van der Waals surface area contributed by atoms with Gasteiger partial charge < -0.3 is 9.64 Å². The van der Waals surface area contributed by atoms with Gasteiger partial charge in [0.05, 0.1) is 24.6 Å². The number of benzene rings is 2. The van der Waals surface area contributed by atoms with Gasteiger partial charge in [0.25, 0.3) is 0 Å². The normalized spacial score (nSPS) is 17.0.